The maximum absolute atomic E-state index is 11.2. The average molecular weight is 283 g/mol. The van der Waals surface area contributed by atoms with Crippen LogP contribution in [0.1, 0.15) is 5.56 Å². The Balaban J connectivity index is 2.85. The van der Waals surface area contributed by atoms with Crippen LogP contribution in [0.15, 0.2) is 42.5 Å². The summed E-state index contributed by atoms with van der Waals surface area (Å²) in [5, 5.41) is 10.1. The van der Waals surface area contributed by atoms with Crippen LogP contribution < -0.4 is 4.74 Å². The molecule has 1 atom stereocenters. The molecule has 5 heteroatoms. The van der Waals surface area contributed by atoms with Gasteiger partial charge >= 0.3 is 5.97 Å². The van der Waals surface area contributed by atoms with Gasteiger partial charge in [0.1, 0.15) is 11.9 Å². The molecule has 0 saturated heterocycles. The minimum atomic E-state index is -1.19. The molecular weight excluding hydrogens is 268 g/mol. The Bertz CT molecular complexity index is 491. The molecule has 0 bridgehead atoms. The second-order valence-electron chi connectivity index (χ2n) is 3.70. The molecule has 0 aliphatic rings. The third-order valence-corrected chi connectivity index (χ3v) is 2.82. The summed E-state index contributed by atoms with van der Waals surface area (Å²) in [6, 6.07) is 6.97. The third-order valence-electron chi connectivity index (χ3n) is 2.47. The summed E-state index contributed by atoms with van der Waals surface area (Å²) in [6.07, 6.45) is 0.129. The zero-order chi connectivity index (χ0) is 14.4. The molecule has 1 N–H and O–H groups in total. The summed E-state index contributed by atoms with van der Waals surface area (Å²) < 4.78 is 9.49. The van der Waals surface area contributed by atoms with Crippen LogP contribution in [0.3, 0.4) is 0 Å². The zero-order valence-corrected chi connectivity index (χ0v) is 11.5. The number of aliphatic hydroxyl groups excluding tert-OH is 1. The summed E-state index contributed by atoms with van der Waals surface area (Å²) in [6.45, 7) is 3.45. The number of benzene rings is 1. The first-order valence-corrected chi connectivity index (χ1v) is 5.84. The van der Waals surface area contributed by atoms with Crippen molar-refractivity contribution in [3.8, 4) is 5.75 Å². The van der Waals surface area contributed by atoms with Gasteiger partial charge in [0.2, 0.25) is 0 Å². The predicted octanol–water partition coefficient (Wildman–Crippen LogP) is 2.37. The van der Waals surface area contributed by atoms with Crippen molar-refractivity contribution in [2.45, 2.75) is 6.10 Å². The molecule has 0 aliphatic carbocycles. The number of carbonyl (C=O) groups is 1. The number of halogens is 1. The van der Waals surface area contributed by atoms with Crippen molar-refractivity contribution in [1.82, 2.24) is 0 Å². The van der Waals surface area contributed by atoms with Gasteiger partial charge in [-0.3, -0.25) is 0 Å². The molecule has 0 aromatic heterocycles. The summed E-state index contributed by atoms with van der Waals surface area (Å²) >= 11 is 6.06. The molecule has 1 aromatic rings. The van der Waals surface area contributed by atoms with Crippen LogP contribution in [0.4, 0.5) is 0 Å². The van der Waals surface area contributed by atoms with E-state index >= 15 is 0 Å². The van der Waals surface area contributed by atoms with Crippen LogP contribution in [-0.4, -0.2) is 31.4 Å². The number of hydrogen-bond acceptors (Lipinski definition) is 4. The minimum Gasteiger partial charge on any atom is -0.497 e. The highest BCUT2D eigenvalue weighted by Crippen LogP contribution is 2.23. The first-order valence-electron chi connectivity index (χ1n) is 5.46. The molecule has 0 spiro atoms. The number of esters is 1. The van der Waals surface area contributed by atoms with E-state index in [1.807, 2.05) is 0 Å². The standard InChI is InChI=1S/C14H15ClO4/c1-9(14(17)19-3)13(16)8-12(15)10-4-6-11(18-2)7-5-10/h4-8,13,16H,1H2,2-3H3/b12-8-. The van der Waals surface area contributed by atoms with E-state index in [4.69, 9.17) is 16.3 Å². The highest BCUT2D eigenvalue weighted by atomic mass is 35.5. The van der Waals surface area contributed by atoms with Crippen molar-refractivity contribution in [3.63, 3.8) is 0 Å². The lowest BCUT2D eigenvalue weighted by molar-refractivity contribution is -0.136. The fourth-order valence-corrected chi connectivity index (χ4v) is 1.58. The van der Waals surface area contributed by atoms with Gasteiger partial charge in [0.05, 0.1) is 19.8 Å². The Morgan fingerprint density at radius 2 is 1.95 bits per heavy atom. The predicted molar refractivity (Wildman–Crippen MR) is 74.0 cm³/mol. The fraction of sp³-hybridized carbons (Fsp3) is 0.214. The van der Waals surface area contributed by atoms with Crippen molar-refractivity contribution < 1.29 is 19.4 Å². The molecule has 0 amide bonds. The first-order chi connectivity index (χ1) is 8.99. The van der Waals surface area contributed by atoms with Crippen LogP contribution in [0, 0.1) is 0 Å². The van der Waals surface area contributed by atoms with Crippen LogP contribution in [0.2, 0.25) is 0 Å². The van der Waals surface area contributed by atoms with Gasteiger partial charge in [-0.25, -0.2) is 4.79 Å². The molecule has 1 rings (SSSR count). The molecule has 0 aliphatic heterocycles. The topological polar surface area (TPSA) is 55.8 Å². The molecule has 19 heavy (non-hydrogen) atoms. The van der Waals surface area contributed by atoms with Crippen molar-refractivity contribution >= 4 is 22.6 Å². The van der Waals surface area contributed by atoms with E-state index in [-0.39, 0.29) is 5.57 Å². The highest BCUT2D eigenvalue weighted by Gasteiger charge is 2.15. The van der Waals surface area contributed by atoms with Crippen LogP contribution in [0.25, 0.3) is 5.03 Å². The van der Waals surface area contributed by atoms with Crippen LogP contribution in [-0.2, 0) is 9.53 Å². The Hall–Kier alpha value is -1.78. The molecule has 0 radical (unpaired) electrons. The van der Waals surface area contributed by atoms with E-state index in [1.54, 1.807) is 31.4 Å². The van der Waals surface area contributed by atoms with Crippen LogP contribution in [0.5, 0.6) is 5.75 Å². The van der Waals surface area contributed by atoms with Crippen molar-refractivity contribution in [1.29, 1.82) is 0 Å². The molecule has 102 valence electrons. The van der Waals surface area contributed by atoms with E-state index in [0.717, 1.165) is 0 Å². The lowest BCUT2D eigenvalue weighted by Crippen LogP contribution is -2.16. The monoisotopic (exact) mass is 282 g/mol. The van der Waals surface area contributed by atoms with Gasteiger partial charge in [-0.05, 0) is 35.9 Å². The largest absolute Gasteiger partial charge is 0.497 e. The number of aliphatic hydroxyl groups is 1. The normalized spacial score (nSPS) is 12.7. The van der Waals surface area contributed by atoms with Gasteiger partial charge in [0.25, 0.3) is 0 Å². The van der Waals surface area contributed by atoms with Gasteiger partial charge in [0.15, 0.2) is 0 Å². The van der Waals surface area contributed by atoms with Crippen molar-refractivity contribution in [2.24, 2.45) is 0 Å². The quantitative estimate of drug-likeness (QED) is 0.665. The van der Waals surface area contributed by atoms with E-state index in [9.17, 15) is 9.90 Å². The minimum absolute atomic E-state index is 0.0749. The lowest BCUT2D eigenvalue weighted by Gasteiger charge is -2.09. The maximum atomic E-state index is 11.2. The van der Waals surface area contributed by atoms with Gasteiger partial charge in [-0.1, -0.05) is 18.2 Å². The summed E-state index contributed by atoms with van der Waals surface area (Å²) in [5.74, 6) is 0.0238. The highest BCUT2D eigenvalue weighted by molar-refractivity contribution is 6.48. The van der Waals surface area contributed by atoms with Gasteiger partial charge in [-0.2, -0.15) is 0 Å². The Morgan fingerprint density at radius 1 is 1.37 bits per heavy atom. The van der Waals surface area contributed by atoms with Gasteiger partial charge < -0.3 is 14.6 Å². The molecule has 0 heterocycles. The van der Waals surface area contributed by atoms with Crippen molar-refractivity contribution in [3.05, 3.63) is 48.1 Å². The zero-order valence-electron chi connectivity index (χ0n) is 10.7. The second kappa shape index (κ2) is 6.97. The molecule has 4 nitrogen and oxygen atoms in total. The Morgan fingerprint density at radius 3 is 2.42 bits per heavy atom. The Labute approximate surface area is 116 Å². The van der Waals surface area contributed by atoms with Gasteiger partial charge in [-0.15, -0.1) is 0 Å². The van der Waals surface area contributed by atoms with Crippen LogP contribution >= 0.6 is 11.6 Å². The number of methoxy groups -OCH3 is 2. The number of rotatable bonds is 5. The number of ether oxygens (including phenoxy) is 2. The van der Waals surface area contributed by atoms with E-state index < -0.39 is 12.1 Å². The number of hydrogen-bond donors (Lipinski definition) is 1. The Kier molecular flexibility index (Phi) is 5.60. The van der Waals surface area contributed by atoms with Crippen molar-refractivity contribution in [2.75, 3.05) is 14.2 Å². The molecule has 0 saturated carbocycles. The molecule has 0 fully saturated rings. The molecule has 1 unspecified atom stereocenters. The first kappa shape index (κ1) is 15.3. The SMILES string of the molecule is C=C(C(=O)OC)C(O)/C=C(\Cl)c1ccc(OC)cc1. The summed E-state index contributed by atoms with van der Waals surface area (Å²) in [5.41, 5.74) is 0.619. The summed E-state index contributed by atoms with van der Waals surface area (Å²) in [4.78, 5) is 11.2. The fourth-order valence-electron chi connectivity index (χ4n) is 1.34. The lowest BCUT2D eigenvalue weighted by atomic mass is 10.1. The molecule has 1 aromatic carbocycles. The summed E-state index contributed by atoms with van der Waals surface area (Å²) in [7, 11) is 2.78. The average Bonchev–Trinajstić information content (AvgIpc) is 2.45. The van der Waals surface area contributed by atoms with Gasteiger partial charge in [0, 0.05) is 5.03 Å². The molecular formula is C14H15ClO4. The third kappa shape index (κ3) is 4.12. The maximum Gasteiger partial charge on any atom is 0.336 e. The van der Waals surface area contributed by atoms with E-state index in [1.165, 1.54) is 13.2 Å². The van der Waals surface area contributed by atoms with E-state index in [2.05, 4.69) is 11.3 Å². The number of carbonyl (C=O) groups excluding carboxylic acids is 1. The smallest absolute Gasteiger partial charge is 0.336 e. The van der Waals surface area contributed by atoms with E-state index in [0.29, 0.717) is 16.3 Å². The second-order valence-corrected chi connectivity index (χ2v) is 4.11.